The van der Waals surface area contributed by atoms with Crippen molar-refractivity contribution in [2.45, 2.75) is 25.2 Å². The Kier molecular flexibility index (Phi) is 5.19. The average Bonchev–Trinajstić information content (AvgIpc) is 2.73. The molecule has 1 rings (SSSR count). The maximum Gasteiger partial charge on any atom is 0.263 e. The van der Waals surface area contributed by atoms with Crippen molar-refractivity contribution in [2.75, 3.05) is 30.4 Å². The van der Waals surface area contributed by atoms with E-state index in [-0.39, 0.29) is 27.1 Å². The molecule has 1 aromatic rings. The molecule has 0 atom stereocenters. The molecular weight excluding hydrogens is 286 g/mol. The molecule has 0 saturated carbocycles. The molecule has 6 nitrogen and oxygen atoms in total. The van der Waals surface area contributed by atoms with Crippen molar-refractivity contribution < 1.29 is 13.2 Å². The Bertz CT molecular complexity index is 564. The average molecular weight is 305 g/mol. The Morgan fingerprint density at radius 2 is 2.00 bits per heavy atom. The molecule has 1 heterocycles. The third kappa shape index (κ3) is 3.19. The number of carbonyl (C=O) groups excluding carboxylic acids is 1. The summed E-state index contributed by atoms with van der Waals surface area (Å²) in [5.74, 6) is -0.392. The summed E-state index contributed by atoms with van der Waals surface area (Å²) in [6.45, 7) is 4.01. The molecule has 0 radical (unpaired) electrons. The summed E-state index contributed by atoms with van der Waals surface area (Å²) < 4.78 is 24.0. The van der Waals surface area contributed by atoms with Gasteiger partial charge in [0, 0.05) is 13.6 Å². The van der Waals surface area contributed by atoms with Crippen LogP contribution >= 0.6 is 11.3 Å². The number of nitrogens with two attached hydrogens (primary N) is 1. The largest absolute Gasteiger partial charge is 0.396 e. The smallest absolute Gasteiger partial charge is 0.263 e. The molecule has 19 heavy (non-hydrogen) atoms. The van der Waals surface area contributed by atoms with Gasteiger partial charge in [0.15, 0.2) is 9.84 Å². The lowest BCUT2D eigenvalue weighted by atomic mass is 10.3. The molecule has 1 amide bonds. The van der Waals surface area contributed by atoms with Gasteiger partial charge in [-0.1, -0.05) is 13.8 Å². The highest BCUT2D eigenvalue weighted by Gasteiger charge is 2.28. The predicted molar refractivity (Wildman–Crippen MR) is 78.6 cm³/mol. The van der Waals surface area contributed by atoms with Crippen LogP contribution in [0.3, 0.4) is 0 Å². The molecule has 4 N–H and O–H groups in total. The Balaban J connectivity index is 3.29. The standard InChI is InChI=1S/C11H19N3O3S2/c1-4-6-14-10(15)8-7(12)9(11(13-3)18-8)19(16,17)5-2/h13H,4-6,12H2,1-3H3,(H,14,15). The molecule has 0 spiro atoms. The first-order chi connectivity index (χ1) is 8.88. The summed E-state index contributed by atoms with van der Waals surface area (Å²) in [6, 6.07) is 0. The van der Waals surface area contributed by atoms with E-state index in [2.05, 4.69) is 10.6 Å². The minimum Gasteiger partial charge on any atom is -0.396 e. The van der Waals surface area contributed by atoms with Crippen molar-refractivity contribution in [3.05, 3.63) is 4.88 Å². The number of rotatable bonds is 6. The lowest BCUT2D eigenvalue weighted by Crippen LogP contribution is -2.24. The zero-order valence-electron chi connectivity index (χ0n) is 11.2. The minimum atomic E-state index is -3.46. The maximum absolute atomic E-state index is 12.0. The Hall–Kier alpha value is -1.28. The van der Waals surface area contributed by atoms with Crippen molar-refractivity contribution in [1.29, 1.82) is 0 Å². The topological polar surface area (TPSA) is 101 Å². The van der Waals surface area contributed by atoms with E-state index in [0.717, 1.165) is 17.8 Å². The van der Waals surface area contributed by atoms with Crippen molar-refractivity contribution in [3.63, 3.8) is 0 Å². The van der Waals surface area contributed by atoms with Crippen LogP contribution in [0.25, 0.3) is 0 Å². The van der Waals surface area contributed by atoms with Crippen molar-refractivity contribution in [1.82, 2.24) is 5.32 Å². The zero-order chi connectivity index (χ0) is 14.6. The van der Waals surface area contributed by atoms with Gasteiger partial charge in [-0.3, -0.25) is 4.79 Å². The molecule has 0 aliphatic rings. The normalized spacial score (nSPS) is 11.3. The fraction of sp³-hybridized carbons (Fsp3) is 0.545. The second-order valence-corrected chi connectivity index (χ2v) is 7.15. The number of hydrogen-bond donors (Lipinski definition) is 3. The van der Waals surface area contributed by atoms with E-state index in [1.807, 2.05) is 6.92 Å². The number of thiophene rings is 1. The van der Waals surface area contributed by atoms with Gasteiger partial charge in [0.25, 0.3) is 5.91 Å². The van der Waals surface area contributed by atoms with Crippen LogP contribution in [0.1, 0.15) is 29.9 Å². The quantitative estimate of drug-likeness (QED) is 0.735. The summed E-state index contributed by atoms with van der Waals surface area (Å²) in [5.41, 5.74) is 5.88. The van der Waals surface area contributed by atoms with E-state index >= 15 is 0 Å². The molecule has 8 heteroatoms. The Morgan fingerprint density at radius 3 is 2.47 bits per heavy atom. The van der Waals surface area contributed by atoms with Gasteiger partial charge >= 0.3 is 0 Å². The number of carbonyl (C=O) groups is 1. The van der Waals surface area contributed by atoms with Gasteiger partial charge in [-0.15, -0.1) is 11.3 Å². The van der Waals surface area contributed by atoms with Crippen LogP contribution in [0, 0.1) is 0 Å². The number of amides is 1. The monoisotopic (exact) mass is 305 g/mol. The Morgan fingerprint density at radius 1 is 1.37 bits per heavy atom. The second kappa shape index (κ2) is 6.25. The zero-order valence-corrected chi connectivity index (χ0v) is 12.9. The van der Waals surface area contributed by atoms with Crippen molar-refractivity contribution in [2.24, 2.45) is 0 Å². The van der Waals surface area contributed by atoms with Crippen LogP contribution in [0.15, 0.2) is 4.90 Å². The van der Waals surface area contributed by atoms with Crippen LogP contribution < -0.4 is 16.4 Å². The van der Waals surface area contributed by atoms with Crippen LogP contribution in [-0.2, 0) is 9.84 Å². The van der Waals surface area contributed by atoms with E-state index < -0.39 is 9.84 Å². The van der Waals surface area contributed by atoms with Crippen LogP contribution in [0.5, 0.6) is 0 Å². The predicted octanol–water partition coefficient (Wildman–Crippen LogP) is 1.31. The van der Waals surface area contributed by atoms with E-state index in [4.69, 9.17) is 5.73 Å². The molecule has 0 aliphatic heterocycles. The molecule has 108 valence electrons. The van der Waals surface area contributed by atoms with Gasteiger partial charge in [0.05, 0.1) is 11.4 Å². The van der Waals surface area contributed by atoms with Gasteiger partial charge in [0.2, 0.25) is 0 Å². The molecule has 0 bridgehead atoms. The second-order valence-electron chi connectivity index (χ2n) is 3.91. The highest BCUT2D eigenvalue weighted by Crippen LogP contribution is 2.39. The van der Waals surface area contributed by atoms with Gasteiger partial charge in [-0.25, -0.2) is 8.42 Å². The maximum atomic E-state index is 12.0. The van der Waals surface area contributed by atoms with Gasteiger partial charge in [-0.05, 0) is 6.42 Å². The minimum absolute atomic E-state index is 0.0316. The van der Waals surface area contributed by atoms with E-state index in [1.165, 1.54) is 0 Å². The van der Waals surface area contributed by atoms with Gasteiger partial charge in [-0.2, -0.15) is 0 Å². The van der Waals surface area contributed by atoms with E-state index in [9.17, 15) is 13.2 Å². The first kappa shape index (κ1) is 15.8. The van der Waals surface area contributed by atoms with E-state index in [0.29, 0.717) is 11.5 Å². The first-order valence-electron chi connectivity index (χ1n) is 5.99. The fourth-order valence-electron chi connectivity index (χ4n) is 1.53. The molecular formula is C11H19N3O3S2. The molecule has 0 unspecified atom stereocenters. The van der Waals surface area contributed by atoms with Crippen molar-refractivity contribution >= 4 is 37.8 Å². The SMILES string of the molecule is CCCNC(=O)c1sc(NC)c(S(=O)(=O)CC)c1N. The summed E-state index contributed by atoms with van der Waals surface area (Å²) in [6.07, 6.45) is 0.802. The summed E-state index contributed by atoms with van der Waals surface area (Å²) >= 11 is 1.06. The van der Waals surface area contributed by atoms with Crippen LogP contribution in [0.4, 0.5) is 10.7 Å². The number of nitrogens with one attached hydrogen (secondary N) is 2. The van der Waals surface area contributed by atoms with E-state index in [1.54, 1.807) is 14.0 Å². The first-order valence-corrected chi connectivity index (χ1v) is 8.46. The fourth-order valence-corrected chi connectivity index (χ4v) is 4.10. The lowest BCUT2D eigenvalue weighted by molar-refractivity contribution is 0.0958. The summed E-state index contributed by atoms with van der Waals surface area (Å²) in [7, 11) is -1.86. The molecule has 1 aromatic heterocycles. The molecule has 0 fully saturated rings. The van der Waals surface area contributed by atoms with Crippen LogP contribution in [0.2, 0.25) is 0 Å². The molecule has 0 aliphatic carbocycles. The number of nitrogen functional groups attached to an aromatic ring is 1. The summed E-state index contributed by atoms with van der Waals surface area (Å²) in [5, 5.41) is 5.88. The van der Waals surface area contributed by atoms with Crippen molar-refractivity contribution in [3.8, 4) is 0 Å². The van der Waals surface area contributed by atoms with Gasteiger partial charge < -0.3 is 16.4 Å². The lowest BCUT2D eigenvalue weighted by Gasteiger charge is -2.04. The third-order valence-corrected chi connectivity index (χ3v) is 5.72. The number of hydrogen-bond acceptors (Lipinski definition) is 6. The highest BCUT2D eigenvalue weighted by molar-refractivity contribution is 7.91. The van der Waals surface area contributed by atoms with Gasteiger partial charge in [0.1, 0.15) is 14.8 Å². The summed E-state index contributed by atoms with van der Waals surface area (Å²) in [4.78, 5) is 12.2. The number of anilines is 2. The highest BCUT2D eigenvalue weighted by atomic mass is 32.2. The number of sulfone groups is 1. The third-order valence-electron chi connectivity index (χ3n) is 2.56. The Labute approximate surface area is 117 Å². The molecule has 0 saturated heterocycles. The molecule has 0 aromatic carbocycles. The van der Waals surface area contributed by atoms with Crippen LogP contribution in [-0.4, -0.2) is 33.7 Å².